The third-order valence-electron chi connectivity index (χ3n) is 3.29. The number of hydrogen-bond donors (Lipinski definition) is 3. The van der Waals surface area contributed by atoms with Gasteiger partial charge in [-0.1, -0.05) is 23.2 Å². The standard InChI is InChI=1S/C16H20ClN5O3/c1-11(23)18-10-4-2-3-5-14(24)20-21-16-19-15(22-25-16)12-6-8-13(17)9-7-12/h6-9H,2-5,10H2,1H3,(H,18,23)(H,20,24)(H,19,21,22). The lowest BCUT2D eigenvalue weighted by molar-refractivity contribution is -0.121. The molecule has 8 nitrogen and oxygen atoms in total. The maximum Gasteiger partial charge on any atom is 0.340 e. The number of benzene rings is 1. The molecule has 1 aromatic heterocycles. The molecule has 0 saturated carbocycles. The van der Waals surface area contributed by atoms with Crippen molar-refractivity contribution >= 4 is 29.4 Å². The number of carbonyl (C=O) groups excluding carboxylic acids is 2. The predicted molar refractivity (Wildman–Crippen MR) is 93.7 cm³/mol. The van der Waals surface area contributed by atoms with Crippen molar-refractivity contribution < 1.29 is 14.1 Å². The van der Waals surface area contributed by atoms with Crippen LogP contribution in [0.15, 0.2) is 28.8 Å². The van der Waals surface area contributed by atoms with Gasteiger partial charge >= 0.3 is 6.01 Å². The number of anilines is 1. The molecule has 25 heavy (non-hydrogen) atoms. The lowest BCUT2D eigenvalue weighted by atomic mass is 10.2. The van der Waals surface area contributed by atoms with E-state index in [1.165, 1.54) is 6.92 Å². The van der Waals surface area contributed by atoms with Crippen LogP contribution in [0.2, 0.25) is 5.02 Å². The fourth-order valence-corrected chi connectivity index (χ4v) is 2.15. The van der Waals surface area contributed by atoms with Gasteiger partial charge in [0.1, 0.15) is 0 Å². The number of nitrogens with zero attached hydrogens (tertiary/aromatic N) is 2. The van der Waals surface area contributed by atoms with Gasteiger partial charge in [-0.2, -0.15) is 4.98 Å². The van der Waals surface area contributed by atoms with Gasteiger partial charge in [-0.05, 0) is 37.1 Å². The van der Waals surface area contributed by atoms with E-state index in [4.69, 9.17) is 16.1 Å². The Kier molecular flexibility index (Phi) is 7.21. The van der Waals surface area contributed by atoms with Crippen molar-refractivity contribution in [2.45, 2.75) is 32.6 Å². The molecule has 0 aliphatic rings. The summed E-state index contributed by atoms with van der Waals surface area (Å²) >= 11 is 5.83. The van der Waals surface area contributed by atoms with E-state index < -0.39 is 0 Å². The number of halogens is 1. The van der Waals surface area contributed by atoms with Crippen LogP contribution in [0.5, 0.6) is 0 Å². The zero-order valence-corrected chi connectivity index (χ0v) is 14.6. The molecule has 0 saturated heterocycles. The predicted octanol–water partition coefficient (Wildman–Crippen LogP) is 2.53. The highest BCUT2D eigenvalue weighted by atomic mass is 35.5. The third-order valence-corrected chi connectivity index (χ3v) is 3.54. The average molecular weight is 366 g/mol. The summed E-state index contributed by atoms with van der Waals surface area (Å²) in [6.45, 7) is 2.11. The summed E-state index contributed by atoms with van der Waals surface area (Å²) in [7, 11) is 0. The summed E-state index contributed by atoms with van der Waals surface area (Å²) in [6.07, 6.45) is 2.79. The minimum absolute atomic E-state index is 0.0422. The fraction of sp³-hybridized carbons (Fsp3) is 0.375. The largest absolute Gasteiger partial charge is 0.356 e. The number of carbonyl (C=O) groups is 2. The monoisotopic (exact) mass is 365 g/mol. The highest BCUT2D eigenvalue weighted by Crippen LogP contribution is 2.19. The van der Waals surface area contributed by atoms with Gasteiger partial charge in [0, 0.05) is 30.5 Å². The van der Waals surface area contributed by atoms with E-state index in [2.05, 4.69) is 26.3 Å². The first kappa shape index (κ1) is 18.7. The molecule has 2 aromatic rings. The van der Waals surface area contributed by atoms with Crippen LogP contribution in [-0.4, -0.2) is 28.5 Å². The molecule has 0 radical (unpaired) electrons. The second-order valence-electron chi connectivity index (χ2n) is 5.40. The van der Waals surface area contributed by atoms with E-state index in [-0.39, 0.29) is 17.8 Å². The van der Waals surface area contributed by atoms with E-state index >= 15 is 0 Å². The van der Waals surface area contributed by atoms with Gasteiger partial charge < -0.3 is 9.84 Å². The van der Waals surface area contributed by atoms with Gasteiger partial charge in [0.05, 0.1) is 0 Å². The molecule has 0 bridgehead atoms. The van der Waals surface area contributed by atoms with Crippen molar-refractivity contribution in [3.05, 3.63) is 29.3 Å². The molecule has 0 unspecified atom stereocenters. The summed E-state index contributed by atoms with van der Waals surface area (Å²) in [5.41, 5.74) is 5.85. The molecule has 2 rings (SSSR count). The van der Waals surface area contributed by atoms with Crippen LogP contribution in [0.3, 0.4) is 0 Å². The Hall–Kier alpha value is -2.61. The van der Waals surface area contributed by atoms with Crippen molar-refractivity contribution in [2.75, 3.05) is 12.0 Å². The molecule has 1 heterocycles. The average Bonchev–Trinajstić information content (AvgIpc) is 3.05. The maximum atomic E-state index is 11.7. The molecular formula is C16H20ClN5O3. The maximum absolute atomic E-state index is 11.7. The molecule has 134 valence electrons. The number of nitrogens with one attached hydrogen (secondary N) is 3. The normalized spacial score (nSPS) is 10.3. The van der Waals surface area contributed by atoms with Gasteiger partial charge in [0.2, 0.25) is 17.6 Å². The van der Waals surface area contributed by atoms with Crippen LogP contribution in [0, 0.1) is 0 Å². The summed E-state index contributed by atoms with van der Waals surface area (Å²) in [5, 5.41) is 7.16. The van der Waals surface area contributed by atoms with Crippen LogP contribution in [0.4, 0.5) is 6.01 Å². The zero-order chi connectivity index (χ0) is 18.1. The van der Waals surface area contributed by atoms with Gasteiger partial charge in [0.25, 0.3) is 0 Å². The van der Waals surface area contributed by atoms with E-state index in [9.17, 15) is 9.59 Å². The van der Waals surface area contributed by atoms with Crippen molar-refractivity contribution in [3.8, 4) is 11.4 Å². The Balaban J connectivity index is 1.66. The Labute approximate surface area is 150 Å². The summed E-state index contributed by atoms with van der Waals surface area (Å²) in [4.78, 5) is 26.6. The number of unbranched alkanes of at least 4 members (excludes halogenated alkanes) is 2. The van der Waals surface area contributed by atoms with Gasteiger partial charge in [-0.15, -0.1) is 0 Å². The molecule has 9 heteroatoms. The van der Waals surface area contributed by atoms with Gasteiger partial charge in [-0.3, -0.25) is 15.0 Å². The first-order chi connectivity index (χ1) is 12.0. The highest BCUT2D eigenvalue weighted by Gasteiger charge is 2.09. The first-order valence-corrected chi connectivity index (χ1v) is 8.31. The lowest BCUT2D eigenvalue weighted by Crippen LogP contribution is -2.29. The van der Waals surface area contributed by atoms with Gasteiger partial charge in [-0.25, -0.2) is 5.43 Å². The Morgan fingerprint density at radius 2 is 1.92 bits per heavy atom. The first-order valence-electron chi connectivity index (χ1n) is 7.93. The number of hydrazine groups is 1. The van der Waals surface area contributed by atoms with Crippen molar-refractivity contribution in [3.63, 3.8) is 0 Å². The molecule has 0 fully saturated rings. The Bertz CT molecular complexity index is 702. The lowest BCUT2D eigenvalue weighted by Gasteiger charge is -2.04. The molecule has 0 aliphatic heterocycles. The number of aromatic nitrogens is 2. The topological polar surface area (TPSA) is 109 Å². The van der Waals surface area contributed by atoms with Crippen LogP contribution < -0.4 is 16.2 Å². The summed E-state index contributed by atoms with van der Waals surface area (Å²) in [5.74, 6) is 0.177. The van der Waals surface area contributed by atoms with Crippen molar-refractivity contribution in [1.82, 2.24) is 20.9 Å². The molecule has 3 N–H and O–H groups in total. The summed E-state index contributed by atoms with van der Waals surface area (Å²) < 4.78 is 5.02. The van der Waals surface area contributed by atoms with Crippen LogP contribution >= 0.6 is 11.6 Å². The Morgan fingerprint density at radius 3 is 2.64 bits per heavy atom. The van der Waals surface area contributed by atoms with E-state index in [0.29, 0.717) is 23.8 Å². The molecule has 0 atom stereocenters. The number of rotatable bonds is 9. The fourth-order valence-electron chi connectivity index (χ4n) is 2.03. The third kappa shape index (κ3) is 6.80. The van der Waals surface area contributed by atoms with Crippen LogP contribution in [-0.2, 0) is 9.59 Å². The summed E-state index contributed by atoms with van der Waals surface area (Å²) in [6, 6.07) is 7.11. The quantitative estimate of drug-likeness (QED) is 0.465. The van der Waals surface area contributed by atoms with Crippen LogP contribution in [0.25, 0.3) is 11.4 Å². The SMILES string of the molecule is CC(=O)NCCCCCC(=O)NNc1nc(-c2ccc(Cl)cc2)no1. The van der Waals surface area contributed by atoms with Gasteiger partial charge in [0.15, 0.2) is 0 Å². The second kappa shape index (κ2) is 9.63. The number of amides is 2. The molecule has 0 aliphatic carbocycles. The smallest absolute Gasteiger partial charge is 0.340 e. The van der Waals surface area contributed by atoms with E-state index in [1.54, 1.807) is 24.3 Å². The number of hydrogen-bond acceptors (Lipinski definition) is 6. The second-order valence-corrected chi connectivity index (χ2v) is 5.83. The van der Waals surface area contributed by atoms with Crippen molar-refractivity contribution in [1.29, 1.82) is 0 Å². The molecule has 1 aromatic carbocycles. The molecule has 2 amide bonds. The highest BCUT2D eigenvalue weighted by molar-refractivity contribution is 6.30. The van der Waals surface area contributed by atoms with E-state index in [0.717, 1.165) is 24.8 Å². The Morgan fingerprint density at radius 1 is 1.16 bits per heavy atom. The van der Waals surface area contributed by atoms with Crippen molar-refractivity contribution in [2.24, 2.45) is 0 Å². The minimum atomic E-state index is -0.175. The molecule has 0 spiro atoms. The van der Waals surface area contributed by atoms with Crippen LogP contribution in [0.1, 0.15) is 32.6 Å². The molecular weight excluding hydrogens is 346 g/mol. The minimum Gasteiger partial charge on any atom is -0.356 e. The van der Waals surface area contributed by atoms with E-state index in [1.807, 2.05) is 0 Å². The zero-order valence-electron chi connectivity index (χ0n) is 13.8.